The van der Waals surface area contributed by atoms with E-state index in [-0.39, 0.29) is 40.1 Å². The molecule has 5 aromatic carbocycles. The third-order valence-electron chi connectivity index (χ3n) is 8.52. The molecule has 12 heteroatoms. The zero-order valence-corrected chi connectivity index (χ0v) is 29.0. The molecule has 5 aromatic rings. The van der Waals surface area contributed by atoms with Crippen LogP contribution in [0.5, 0.6) is 5.75 Å². The highest BCUT2D eigenvalue weighted by molar-refractivity contribution is 5.99. The molecule has 0 aliphatic rings. The first kappa shape index (κ1) is 39.6. The highest BCUT2D eigenvalue weighted by Crippen LogP contribution is 2.43. The Bertz CT molecular complexity index is 1950. The van der Waals surface area contributed by atoms with Crippen LogP contribution < -0.4 is 10.1 Å². The molecule has 0 heterocycles. The van der Waals surface area contributed by atoms with Crippen molar-refractivity contribution in [3.8, 4) is 39.1 Å². The molecule has 0 spiro atoms. The van der Waals surface area contributed by atoms with E-state index in [0.717, 1.165) is 72.4 Å². The lowest BCUT2D eigenvalue weighted by atomic mass is 9.92. The number of aliphatic carboxylic acids is 1. The van der Waals surface area contributed by atoms with Gasteiger partial charge in [0, 0.05) is 29.8 Å². The van der Waals surface area contributed by atoms with Crippen molar-refractivity contribution in [3.05, 3.63) is 138 Å². The van der Waals surface area contributed by atoms with Crippen LogP contribution in [0.4, 0.5) is 26.3 Å². The summed E-state index contributed by atoms with van der Waals surface area (Å²) in [6.45, 7) is 0.342. The summed E-state index contributed by atoms with van der Waals surface area (Å²) >= 11 is 0. The van der Waals surface area contributed by atoms with E-state index in [4.69, 9.17) is 9.47 Å². The van der Waals surface area contributed by atoms with Crippen molar-refractivity contribution in [2.24, 2.45) is 0 Å². The largest absolute Gasteiger partial charge is 0.481 e. The van der Waals surface area contributed by atoms with Crippen molar-refractivity contribution in [2.45, 2.75) is 44.6 Å². The normalized spacial score (nSPS) is 11.7. The molecule has 0 saturated carbocycles. The van der Waals surface area contributed by atoms with Gasteiger partial charge < -0.3 is 19.9 Å². The van der Waals surface area contributed by atoms with Crippen LogP contribution in [0.1, 0.15) is 52.7 Å². The van der Waals surface area contributed by atoms with Gasteiger partial charge in [-0.25, -0.2) is 4.79 Å². The molecule has 0 unspecified atom stereocenters. The standard InChI is InChI=1S/C42H37F6NO5/c43-41(44,45)34-14-8-12-31(22-34)36-24-33(25-37(39(36)54-27-38(50)51)32-13-9-15-35(23-32)42(46,47)48)40(52)49-20-6-1-2-7-21-53-26-28-16-18-30(19-17-28)29-10-4-3-5-11-29/h3-5,8-19,22-25H,1-2,6-7,20-21,26-27H2,(H,49,52)(H,50,51). The number of rotatable bonds is 16. The Morgan fingerprint density at radius 2 is 1.15 bits per heavy atom. The summed E-state index contributed by atoms with van der Waals surface area (Å²) in [6, 6.07) is 28.9. The number of carbonyl (C=O) groups is 2. The first-order valence-electron chi connectivity index (χ1n) is 17.2. The van der Waals surface area contributed by atoms with E-state index in [1.165, 1.54) is 24.3 Å². The molecule has 54 heavy (non-hydrogen) atoms. The Kier molecular flexibility index (Phi) is 13.1. The Balaban J connectivity index is 1.25. The van der Waals surface area contributed by atoms with Crippen LogP contribution >= 0.6 is 0 Å². The van der Waals surface area contributed by atoms with E-state index in [1.807, 2.05) is 30.3 Å². The van der Waals surface area contributed by atoms with E-state index in [2.05, 4.69) is 29.6 Å². The molecular weight excluding hydrogens is 712 g/mol. The summed E-state index contributed by atoms with van der Waals surface area (Å²) in [6.07, 6.45) is -6.47. The van der Waals surface area contributed by atoms with Gasteiger partial charge in [0.2, 0.25) is 0 Å². The number of ether oxygens (including phenoxy) is 2. The quantitative estimate of drug-likeness (QED) is 0.0775. The Labute approximate surface area is 308 Å². The highest BCUT2D eigenvalue weighted by Gasteiger charge is 2.32. The number of amides is 1. The average molecular weight is 750 g/mol. The van der Waals surface area contributed by atoms with E-state index in [1.54, 1.807) is 0 Å². The van der Waals surface area contributed by atoms with Gasteiger partial charge in [0.05, 0.1) is 17.7 Å². The van der Waals surface area contributed by atoms with Crippen LogP contribution in [-0.4, -0.2) is 36.7 Å². The van der Waals surface area contributed by atoms with Gasteiger partial charge in [0.15, 0.2) is 6.61 Å². The third-order valence-corrected chi connectivity index (χ3v) is 8.52. The van der Waals surface area contributed by atoms with Gasteiger partial charge in [-0.2, -0.15) is 26.3 Å². The molecule has 0 aliphatic carbocycles. The van der Waals surface area contributed by atoms with Crippen LogP contribution in [0.2, 0.25) is 0 Å². The van der Waals surface area contributed by atoms with Crippen LogP contribution in [0, 0.1) is 0 Å². The van der Waals surface area contributed by atoms with Gasteiger partial charge in [-0.3, -0.25) is 4.79 Å². The van der Waals surface area contributed by atoms with Gasteiger partial charge in [0.25, 0.3) is 5.91 Å². The fourth-order valence-corrected chi connectivity index (χ4v) is 5.81. The zero-order chi connectivity index (χ0) is 38.7. The number of carboxylic acids is 1. The Morgan fingerprint density at radius 1 is 0.611 bits per heavy atom. The van der Waals surface area contributed by atoms with E-state index >= 15 is 0 Å². The number of carbonyl (C=O) groups excluding carboxylic acids is 1. The second-order valence-electron chi connectivity index (χ2n) is 12.5. The monoisotopic (exact) mass is 749 g/mol. The third kappa shape index (κ3) is 11.0. The first-order chi connectivity index (χ1) is 25.8. The van der Waals surface area contributed by atoms with Crippen molar-refractivity contribution < 1.29 is 50.5 Å². The second-order valence-corrected chi connectivity index (χ2v) is 12.5. The van der Waals surface area contributed by atoms with Crippen LogP contribution in [0.15, 0.2) is 115 Å². The maximum atomic E-state index is 13.7. The van der Waals surface area contributed by atoms with Crippen molar-refractivity contribution >= 4 is 11.9 Å². The van der Waals surface area contributed by atoms with Crippen LogP contribution in [0.3, 0.4) is 0 Å². The minimum atomic E-state index is -4.74. The molecule has 0 aliphatic heterocycles. The predicted molar refractivity (Wildman–Crippen MR) is 193 cm³/mol. The lowest BCUT2D eigenvalue weighted by Crippen LogP contribution is -2.24. The number of hydrogen-bond donors (Lipinski definition) is 2. The number of carboxylic acid groups (broad SMARTS) is 1. The fraction of sp³-hybridized carbons (Fsp3) is 0.238. The van der Waals surface area contributed by atoms with Crippen molar-refractivity contribution in [1.29, 1.82) is 0 Å². The molecular formula is C42H37F6NO5. The molecule has 2 N–H and O–H groups in total. The predicted octanol–water partition coefficient (Wildman–Crippen LogP) is 10.7. The highest BCUT2D eigenvalue weighted by atomic mass is 19.4. The number of alkyl halides is 6. The molecule has 0 radical (unpaired) electrons. The number of nitrogens with one attached hydrogen (secondary N) is 1. The van der Waals surface area contributed by atoms with Crippen molar-refractivity contribution in [3.63, 3.8) is 0 Å². The topological polar surface area (TPSA) is 84.9 Å². The van der Waals surface area contributed by atoms with Gasteiger partial charge in [0.1, 0.15) is 5.75 Å². The van der Waals surface area contributed by atoms with Crippen molar-refractivity contribution in [1.82, 2.24) is 5.32 Å². The van der Waals surface area contributed by atoms with Crippen molar-refractivity contribution in [2.75, 3.05) is 19.8 Å². The van der Waals surface area contributed by atoms with Crippen LogP contribution in [-0.2, 0) is 28.5 Å². The maximum absolute atomic E-state index is 13.7. The molecule has 0 aromatic heterocycles. The van der Waals surface area contributed by atoms with Gasteiger partial charge in [-0.05, 0) is 77.1 Å². The average Bonchev–Trinajstić information content (AvgIpc) is 3.16. The van der Waals surface area contributed by atoms with Gasteiger partial charge in [-0.15, -0.1) is 0 Å². The van der Waals surface area contributed by atoms with E-state index in [9.17, 15) is 41.0 Å². The Hall–Kier alpha value is -5.62. The first-order valence-corrected chi connectivity index (χ1v) is 17.2. The molecule has 282 valence electrons. The lowest BCUT2D eigenvalue weighted by Gasteiger charge is -2.19. The summed E-state index contributed by atoms with van der Waals surface area (Å²) < 4.78 is 93.4. The molecule has 1 amide bonds. The molecule has 0 fully saturated rings. The number of halogens is 6. The van der Waals surface area contributed by atoms with Gasteiger partial charge in [-0.1, -0.05) is 91.7 Å². The second kappa shape index (κ2) is 17.9. The van der Waals surface area contributed by atoms with E-state index in [0.29, 0.717) is 19.6 Å². The summed E-state index contributed by atoms with van der Waals surface area (Å²) in [5.74, 6) is -2.34. The summed E-state index contributed by atoms with van der Waals surface area (Å²) in [5.41, 5.74) is 0.837. The molecule has 0 saturated heterocycles. The van der Waals surface area contributed by atoms with E-state index < -0.39 is 42.0 Å². The smallest absolute Gasteiger partial charge is 0.416 e. The number of benzene rings is 5. The summed E-state index contributed by atoms with van der Waals surface area (Å²) in [5, 5.41) is 12.1. The minimum absolute atomic E-state index is 0.0669. The molecule has 5 rings (SSSR count). The molecule has 6 nitrogen and oxygen atoms in total. The molecule has 0 bridgehead atoms. The fourth-order valence-electron chi connectivity index (χ4n) is 5.81. The summed E-state index contributed by atoms with van der Waals surface area (Å²) in [7, 11) is 0. The number of hydrogen-bond acceptors (Lipinski definition) is 4. The molecule has 0 atom stereocenters. The number of unbranched alkanes of at least 4 members (excludes halogenated alkanes) is 3. The lowest BCUT2D eigenvalue weighted by molar-refractivity contribution is -0.139. The van der Waals surface area contributed by atoms with Gasteiger partial charge >= 0.3 is 18.3 Å². The SMILES string of the molecule is O=C(O)COc1c(-c2cccc(C(F)(F)F)c2)cc(C(=O)NCCCCCCOCc2ccc(-c3ccccc3)cc2)cc1-c1cccc(C(F)(F)F)c1. The maximum Gasteiger partial charge on any atom is 0.416 e. The minimum Gasteiger partial charge on any atom is -0.481 e. The Morgan fingerprint density at radius 3 is 1.70 bits per heavy atom. The zero-order valence-electron chi connectivity index (χ0n) is 29.0. The summed E-state index contributed by atoms with van der Waals surface area (Å²) in [4.78, 5) is 24.9. The van der Waals surface area contributed by atoms with Crippen LogP contribution in [0.25, 0.3) is 33.4 Å².